The molecule has 20 heavy (non-hydrogen) atoms. The lowest BCUT2D eigenvalue weighted by atomic mass is 10.1. The van der Waals surface area contributed by atoms with E-state index in [1.54, 1.807) is 30.6 Å². The van der Waals surface area contributed by atoms with Crippen LogP contribution < -0.4 is 11.1 Å². The van der Waals surface area contributed by atoms with Crippen molar-refractivity contribution in [1.82, 2.24) is 4.98 Å². The van der Waals surface area contributed by atoms with E-state index in [2.05, 4.69) is 10.3 Å². The molecule has 0 amide bonds. The van der Waals surface area contributed by atoms with Crippen LogP contribution in [0.3, 0.4) is 0 Å². The van der Waals surface area contributed by atoms with Crippen LogP contribution in [0.15, 0.2) is 48.8 Å². The van der Waals surface area contributed by atoms with Gasteiger partial charge in [0.2, 0.25) is 0 Å². The number of nitrogens with two attached hydrogens (primary N) is 1. The van der Waals surface area contributed by atoms with Crippen LogP contribution >= 0.6 is 0 Å². The molecule has 3 nitrogen and oxygen atoms in total. The molecule has 0 fully saturated rings. The number of nitrogens with one attached hydrogen (secondary N) is 1. The number of pyridine rings is 1. The fourth-order valence-electron chi connectivity index (χ4n) is 2.07. The van der Waals surface area contributed by atoms with Gasteiger partial charge in [0.15, 0.2) is 0 Å². The Morgan fingerprint density at radius 1 is 0.950 bits per heavy atom. The molecule has 0 radical (unpaired) electrons. The molecule has 1 aromatic heterocycles. The van der Waals surface area contributed by atoms with E-state index in [0.717, 1.165) is 10.8 Å². The minimum Gasteiger partial charge on any atom is -0.398 e. The lowest BCUT2D eigenvalue weighted by Gasteiger charge is -2.12. The molecule has 3 aromatic rings. The summed E-state index contributed by atoms with van der Waals surface area (Å²) in [5.74, 6) is -1.30. The minimum absolute atomic E-state index is 0.185. The molecule has 3 N–H and O–H groups in total. The fourth-order valence-corrected chi connectivity index (χ4v) is 2.07. The number of nitrogens with zero attached hydrogens (tertiary/aromatic N) is 1. The number of anilines is 3. The molecule has 0 saturated carbocycles. The van der Waals surface area contributed by atoms with E-state index < -0.39 is 11.6 Å². The first-order chi connectivity index (χ1) is 9.66. The van der Waals surface area contributed by atoms with E-state index in [9.17, 15) is 8.78 Å². The van der Waals surface area contributed by atoms with Crippen molar-refractivity contribution in [2.24, 2.45) is 0 Å². The highest BCUT2D eigenvalue weighted by Crippen LogP contribution is 2.31. The molecule has 0 spiro atoms. The molecular formula is C15H11F2N3. The highest BCUT2D eigenvalue weighted by Gasteiger charge is 2.11. The Bertz CT molecular complexity index is 767. The van der Waals surface area contributed by atoms with Gasteiger partial charge in [-0.05, 0) is 30.3 Å². The molecule has 2 aromatic carbocycles. The summed E-state index contributed by atoms with van der Waals surface area (Å²) < 4.78 is 27.4. The molecule has 0 aliphatic heterocycles. The summed E-state index contributed by atoms with van der Waals surface area (Å²) in [4.78, 5) is 4.00. The normalized spacial score (nSPS) is 10.7. The van der Waals surface area contributed by atoms with Crippen molar-refractivity contribution in [1.29, 1.82) is 0 Å². The topological polar surface area (TPSA) is 50.9 Å². The van der Waals surface area contributed by atoms with Crippen LogP contribution in [0.5, 0.6) is 0 Å². The fraction of sp³-hybridized carbons (Fsp3) is 0. The number of hydrogen-bond donors (Lipinski definition) is 2. The van der Waals surface area contributed by atoms with Gasteiger partial charge in [0.1, 0.15) is 17.3 Å². The predicted octanol–water partition coefficient (Wildman–Crippen LogP) is 3.84. The van der Waals surface area contributed by atoms with Crippen LogP contribution in [-0.2, 0) is 0 Å². The van der Waals surface area contributed by atoms with Gasteiger partial charge < -0.3 is 11.1 Å². The molecule has 0 aliphatic carbocycles. The van der Waals surface area contributed by atoms with Gasteiger partial charge in [0, 0.05) is 34.5 Å². The minimum atomic E-state index is -0.649. The van der Waals surface area contributed by atoms with Crippen molar-refractivity contribution in [3.8, 4) is 0 Å². The molecule has 0 atom stereocenters. The van der Waals surface area contributed by atoms with E-state index >= 15 is 0 Å². The lowest BCUT2D eigenvalue weighted by molar-refractivity contribution is 0.591. The zero-order chi connectivity index (χ0) is 14.1. The monoisotopic (exact) mass is 271 g/mol. The highest BCUT2D eigenvalue weighted by atomic mass is 19.1. The summed E-state index contributed by atoms with van der Waals surface area (Å²) in [7, 11) is 0. The van der Waals surface area contributed by atoms with E-state index in [1.165, 1.54) is 18.2 Å². The van der Waals surface area contributed by atoms with Gasteiger partial charge >= 0.3 is 0 Å². The molecule has 100 valence electrons. The molecule has 5 heteroatoms. The van der Waals surface area contributed by atoms with Crippen molar-refractivity contribution in [3.63, 3.8) is 0 Å². The van der Waals surface area contributed by atoms with Crippen LogP contribution in [0.25, 0.3) is 10.8 Å². The molecule has 3 rings (SSSR count). The summed E-state index contributed by atoms with van der Waals surface area (Å²) in [6.07, 6.45) is 3.22. The first-order valence-electron chi connectivity index (χ1n) is 6.00. The standard InChI is InChI=1S/C15H11F2N3/c16-11-2-1-3-12(17)15(11)20-14-5-4-13(18)10-8-19-7-6-9(10)14/h1-8,20H,18H2. The zero-order valence-electron chi connectivity index (χ0n) is 10.4. The maximum atomic E-state index is 13.7. The van der Waals surface area contributed by atoms with E-state index in [0.29, 0.717) is 11.4 Å². The van der Waals surface area contributed by atoms with Crippen molar-refractivity contribution < 1.29 is 8.78 Å². The molecule has 0 saturated heterocycles. The van der Waals surface area contributed by atoms with E-state index in [4.69, 9.17) is 5.73 Å². The van der Waals surface area contributed by atoms with Crippen LogP contribution in [-0.4, -0.2) is 4.98 Å². The second-order valence-electron chi connectivity index (χ2n) is 4.35. The van der Waals surface area contributed by atoms with Gasteiger partial charge in [-0.1, -0.05) is 6.07 Å². The van der Waals surface area contributed by atoms with Gasteiger partial charge in [-0.15, -0.1) is 0 Å². The van der Waals surface area contributed by atoms with Gasteiger partial charge in [-0.3, -0.25) is 4.98 Å². The number of hydrogen-bond acceptors (Lipinski definition) is 3. The Hall–Kier alpha value is -2.69. The lowest BCUT2D eigenvalue weighted by Crippen LogP contribution is -1.99. The summed E-state index contributed by atoms with van der Waals surface area (Å²) in [6, 6.07) is 8.82. The Kier molecular flexibility index (Phi) is 2.95. The van der Waals surface area contributed by atoms with Crippen LogP contribution in [0.2, 0.25) is 0 Å². The van der Waals surface area contributed by atoms with Crippen molar-refractivity contribution in [2.75, 3.05) is 11.1 Å². The van der Waals surface area contributed by atoms with Gasteiger partial charge in [0.05, 0.1) is 0 Å². The number of halogens is 2. The first-order valence-corrected chi connectivity index (χ1v) is 6.00. The van der Waals surface area contributed by atoms with E-state index in [1.807, 2.05) is 0 Å². The summed E-state index contributed by atoms with van der Waals surface area (Å²) in [6.45, 7) is 0. The number of benzene rings is 2. The SMILES string of the molecule is Nc1ccc(Nc2c(F)cccc2F)c2ccncc12. The van der Waals surface area contributed by atoms with Gasteiger partial charge in [0.25, 0.3) is 0 Å². The summed E-state index contributed by atoms with van der Waals surface area (Å²) in [5, 5.41) is 4.26. The number of para-hydroxylation sites is 1. The Morgan fingerprint density at radius 2 is 1.70 bits per heavy atom. The second kappa shape index (κ2) is 4.77. The largest absolute Gasteiger partial charge is 0.398 e. The number of aromatic nitrogens is 1. The third-order valence-corrected chi connectivity index (χ3v) is 3.07. The van der Waals surface area contributed by atoms with Crippen molar-refractivity contribution in [2.45, 2.75) is 0 Å². The Morgan fingerprint density at radius 3 is 2.45 bits per heavy atom. The quantitative estimate of drug-likeness (QED) is 0.696. The summed E-state index contributed by atoms with van der Waals surface area (Å²) in [5.41, 5.74) is 6.81. The number of rotatable bonds is 2. The maximum Gasteiger partial charge on any atom is 0.149 e. The zero-order valence-corrected chi connectivity index (χ0v) is 10.4. The summed E-state index contributed by atoms with van der Waals surface area (Å²) >= 11 is 0. The average molecular weight is 271 g/mol. The van der Waals surface area contributed by atoms with Gasteiger partial charge in [-0.25, -0.2) is 8.78 Å². The number of fused-ring (bicyclic) bond motifs is 1. The molecule has 0 bridgehead atoms. The Labute approximate surface area is 114 Å². The maximum absolute atomic E-state index is 13.7. The van der Waals surface area contributed by atoms with E-state index in [-0.39, 0.29) is 5.69 Å². The molecule has 1 heterocycles. The first kappa shape index (κ1) is 12.3. The molecular weight excluding hydrogens is 260 g/mol. The highest BCUT2D eigenvalue weighted by molar-refractivity contribution is 6.01. The average Bonchev–Trinajstić information content (AvgIpc) is 2.46. The number of nitrogen functional groups attached to an aromatic ring is 1. The van der Waals surface area contributed by atoms with Crippen molar-refractivity contribution >= 4 is 27.8 Å². The third kappa shape index (κ3) is 2.03. The van der Waals surface area contributed by atoms with Crippen LogP contribution in [0.4, 0.5) is 25.8 Å². The third-order valence-electron chi connectivity index (χ3n) is 3.07. The molecule has 0 unspecified atom stereocenters. The van der Waals surface area contributed by atoms with Crippen molar-refractivity contribution in [3.05, 3.63) is 60.4 Å². The molecule has 0 aliphatic rings. The van der Waals surface area contributed by atoms with Crippen LogP contribution in [0, 0.1) is 11.6 Å². The predicted molar refractivity (Wildman–Crippen MR) is 75.8 cm³/mol. The second-order valence-corrected chi connectivity index (χ2v) is 4.35. The Balaban J connectivity index is 2.14. The van der Waals surface area contributed by atoms with Crippen LogP contribution in [0.1, 0.15) is 0 Å². The van der Waals surface area contributed by atoms with Gasteiger partial charge in [-0.2, -0.15) is 0 Å². The smallest absolute Gasteiger partial charge is 0.149 e.